The number of likely N-dealkylation sites (N-methyl/N-ethyl adjacent to an activating group) is 2. The van der Waals surface area contributed by atoms with Crippen molar-refractivity contribution in [1.82, 2.24) is 14.7 Å². The monoisotopic (exact) mass is 429 g/mol. The molecule has 5 nitrogen and oxygen atoms in total. The summed E-state index contributed by atoms with van der Waals surface area (Å²) in [5, 5.41) is 0.679. The van der Waals surface area contributed by atoms with Crippen LogP contribution in [0.25, 0.3) is 0 Å². The molecular formula is C24H32ClN3O2. The van der Waals surface area contributed by atoms with Crippen LogP contribution in [-0.4, -0.2) is 67.5 Å². The van der Waals surface area contributed by atoms with Gasteiger partial charge in [0.25, 0.3) is 5.91 Å². The topological polar surface area (TPSA) is 36.0 Å². The van der Waals surface area contributed by atoms with Gasteiger partial charge in [0.15, 0.2) is 6.61 Å². The van der Waals surface area contributed by atoms with Crippen LogP contribution >= 0.6 is 11.6 Å². The van der Waals surface area contributed by atoms with E-state index in [1.807, 2.05) is 55.4 Å². The summed E-state index contributed by atoms with van der Waals surface area (Å²) in [5.41, 5.74) is 3.48. The molecule has 0 N–H and O–H groups in total. The van der Waals surface area contributed by atoms with Crippen LogP contribution in [-0.2, 0) is 24.3 Å². The van der Waals surface area contributed by atoms with Crippen molar-refractivity contribution < 1.29 is 9.53 Å². The van der Waals surface area contributed by atoms with Gasteiger partial charge in [-0.2, -0.15) is 0 Å². The van der Waals surface area contributed by atoms with Gasteiger partial charge < -0.3 is 14.5 Å². The van der Waals surface area contributed by atoms with Crippen LogP contribution in [0.4, 0.5) is 0 Å². The second-order valence-electron chi connectivity index (χ2n) is 8.01. The van der Waals surface area contributed by atoms with Crippen molar-refractivity contribution in [3.8, 4) is 5.75 Å². The van der Waals surface area contributed by atoms with Crippen LogP contribution in [0.5, 0.6) is 5.75 Å². The fourth-order valence-electron chi connectivity index (χ4n) is 3.71. The number of halogens is 1. The number of nitrogens with zero attached hydrogens (tertiary/aromatic N) is 3. The van der Waals surface area contributed by atoms with Crippen molar-refractivity contribution in [3.63, 3.8) is 0 Å². The minimum absolute atomic E-state index is 0.0274. The molecule has 162 valence electrons. The van der Waals surface area contributed by atoms with E-state index in [0.29, 0.717) is 18.1 Å². The van der Waals surface area contributed by atoms with E-state index in [1.54, 1.807) is 0 Å². The Bertz CT molecular complexity index is 856. The average Bonchev–Trinajstić information content (AvgIpc) is 2.75. The largest absolute Gasteiger partial charge is 0.483 e. The molecular weight excluding hydrogens is 398 g/mol. The van der Waals surface area contributed by atoms with Crippen molar-refractivity contribution in [2.45, 2.75) is 26.4 Å². The maximum Gasteiger partial charge on any atom is 0.260 e. The van der Waals surface area contributed by atoms with E-state index >= 15 is 0 Å². The zero-order chi connectivity index (χ0) is 21.5. The number of hydrogen-bond donors (Lipinski definition) is 0. The third-order valence-electron chi connectivity index (χ3n) is 5.59. The molecule has 0 fully saturated rings. The van der Waals surface area contributed by atoms with Gasteiger partial charge in [-0.25, -0.2) is 0 Å². The second-order valence-corrected chi connectivity index (χ2v) is 8.42. The third-order valence-corrected chi connectivity index (χ3v) is 5.96. The van der Waals surface area contributed by atoms with Crippen LogP contribution in [0.1, 0.15) is 23.6 Å². The summed E-state index contributed by atoms with van der Waals surface area (Å²) in [5.74, 6) is 0.808. The molecule has 0 saturated heterocycles. The Morgan fingerprint density at radius 3 is 2.67 bits per heavy atom. The Hall–Kier alpha value is -2.08. The smallest absolute Gasteiger partial charge is 0.260 e. The fraction of sp³-hybridized carbons (Fsp3) is 0.458. The number of carbonyl (C=O) groups is 1. The summed E-state index contributed by atoms with van der Waals surface area (Å²) in [6.45, 7) is 7.12. The lowest BCUT2D eigenvalue weighted by molar-refractivity contribution is -0.134. The van der Waals surface area contributed by atoms with E-state index < -0.39 is 0 Å². The van der Waals surface area contributed by atoms with Gasteiger partial charge >= 0.3 is 0 Å². The predicted molar refractivity (Wildman–Crippen MR) is 122 cm³/mol. The first kappa shape index (κ1) is 22.6. The minimum atomic E-state index is -0.0274. The Morgan fingerprint density at radius 1 is 1.13 bits per heavy atom. The lowest BCUT2D eigenvalue weighted by Crippen LogP contribution is -2.39. The third kappa shape index (κ3) is 5.97. The highest BCUT2D eigenvalue weighted by Crippen LogP contribution is 2.28. The SMILES string of the molecule is CCN1CCc2c(cccc2OCC(=O)N(CCN(C)C)Cc2ccccc2Cl)C1. The Morgan fingerprint density at radius 2 is 1.93 bits per heavy atom. The molecule has 1 heterocycles. The van der Waals surface area contributed by atoms with E-state index in [1.165, 1.54) is 11.1 Å². The Kier molecular flexibility index (Phi) is 8.14. The molecule has 0 atom stereocenters. The van der Waals surface area contributed by atoms with Gasteiger partial charge in [-0.15, -0.1) is 0 Å². The van der Waals surface area contributed by atoms with Gasteiger partial charge in [-0.1, -0.05) is 48.9 Å². The van der Waals surface area contributed by atoms with Gasteiger partial charge in [0.2, 0.25) is 0 Å². The van der Waals surface area contributed by atoms with Crippen molar-refractivity contribution in [3.05, 3.63) is 64.2 Å². The van der Waals surface area contributed by atoms with Crippen molar-refractivity contribution in [1.29, 1.82) is 0 Å². The van der Waals surface area contributed by atoms with Crippen LogP contribution in [0.2, 0.25) is 5.02 Å². The van der Waals surface area contributed by atoms with Gasteiger partial charge in [0.05, 0.1) is 0 Å². The van der Waals surface area contributed by atoms with E-state index in [9.17, 15) is 4.79 Å². The molecule has 6 heteroatoms. The molecule has 1 aliphatic heterocycles. The molecule has 1 amide bonds. The summed E-state index contributed by atoms with van der Waals surface area (Å²) < 4.78 is 6.03. The molecule has 0 radical (unpaired) electrons. The van der Waals surface area contributed by atoms with E-state index in [-0.39, 0.29) is 12.5 Å². The molecule has 2 aromatic rings. The molecule has 2 aromatic carbocycles. The summed E-state index contributed by atoms with van der Waals surface area (Å²) in [6, 6.07) is 13.8. The number of hydrogen-bond acceptors (Lipinski definition) is 4. The number of carbonyl (C=O) groups excluding carboxylic acids is 1. The highest BCUT2D eigenvalue weighted by atomic mass is 35.5. The van der Waals surface area contributed by atoms with Crippen molar-refractivity contribution in [2.24, 2.45) is 0 Å². The standard InChI is InChI=1S/C24H32ClN3O2/c1-4-27-13-12-21-19(16-27)9-7-11-23(21)30-18-24(29)28(15-14-26(2)3)17-20-8-5-6-10-22(20)25/h5-11H,4,12-18H2,1-3H3. The van der Waals surface area contributed by atoms with Crippen LogP contribution in [0.3, 0.4) is 0 Å². The van der Waals surface area contributed by atoms with E-state index in [2.05, 4.69) is 22.8 Å². The predicted octanol–water partition coefficient (Wildman–Crippen LogP) is 3.69. The van der Waals surface area contributed by atoms with Crippen LogP contribution < -0.4 is 4.74 Å². The maximum atomic E-state index is 13.0. The summed E-state index contributed by atoms with van der Waals surface area (Å²) >= 11 is 6.33. The highest BCUT2D eigenvalue weighted by Gasteiger charge is 2.20. The molecule has 0 saturated carbocycles. The number of benzene rings is 2. The Labute approximate surface area is 185 Å². The molecule has 0 unspecified atom stereocenters. The molecule has 1 aliphatic rings. The first-order valence-electron chi connectivity index (χ1n) is 10.6. The zero-order valence-corrected chi connectivity index (χ0v) is 19.0. The number of fused-ring (bicyclic) bond motifs is 1. The molecule has 0 aromatic heterocycles. The van der Waals surface area contributed by atoms with Crippen molar-refractivity contribution in [2.75, 3.05) is 46.9 Å². The molecule has 30 heavy (non-hydrogen) atoms. The van der Waals surface area contributed by atoms with Gasteiger partial charge in [-0.05, 0) is 55.9 Å². The van der Waals surface area contributed by atoms with Crippen LogP contribution in [0.15, 0.2) is 42.5 Å². The maximum absolute atomic E-state index is 13.0. The lowest BCUT2D eigenvalue weighted by Gasteiger charge is -2.29. The van der Waals surface area contributed by atoms with E-state index in [4.69, 9.17) is 16.3 Å². The average molecular weight is 430 g/mol. The molecule has 0 aliphatic carbocycles. The highest BCUT2D eigenvalue weighted by molar-refractivity contribution is 6.31. The second kappa shape index (κ2) is 10.8. The minimum Gasteiger partial charge on any atom is -0.483 e. The van der Waals surface area contributed by atoms with Gasteiger partial charge in [0, 0.05) is 37.7 Å². The summed E-state index contributed by atoms with van der Waals surface area (Å²) in [7, 11) is 4.01. The quantitative estimate of drug-likeness (QED) is 0.609. The molecule has 3 rings (SSSR count). The van der Waals surface area contributed by atoms with Gasteiger partial charge in [0.1, 0.15) is 5.75 Å². The first-order valence-corrected chi connectivity index (χ1v) is 11.0. The van der Waals surface area contributed by atoms with Crippen LogP contribution in [0, 0.1) is 0 Å². The summed E-state index contributed by atoms with van der Waals surface area (Å²) in [6.07, 6.45) is 0.956. The zero-order valence-electron chi connectivity index (χ0n) is 18.2. The first-order chi connectivity index (χ1) is 14.5. The number of rotatable bonds is 9. The number of ether oxygens (including phenoxy) is 1. The molecule has 0 bridgehead atoms. The van der Waals surface area contributed by atoms with Crippen molar-refractivity contribution >= 4 is 17.5 Å². The van der Waals surface area contributed by atoms with E-state index in [0.717, 1.165) is 43.9 Å². The molecule has 0 spiro atoms. The summed E-state index contributed by atoms with van der Waals surface area (Å²) in [4.78, 5) is 19.4. The fourth-order valence-corrected chi connectivity index (χ4v) is 3.91. The number of amides is 1. The lowest BCUT2D eigenvalue weighted by atomic mass is 9.99. The Balaban J connectivity index is 1.68. The normalized spacial score (nSPS) is 13.9. The van der Waals surface area contributed by atoms with Gasteiger partial charge in [-0.3, -0.25) is 9.69 Å².